The summed E-state index contributed by atoms with van der Waals surface area (Å²) in [6.07, 6.45) is 1.42. The summed E-state index contributed by atoms with van der Waals surface area (Å²) >= 11 is 5.79. The van der Waals surface area contributed by atoms with E-state index in [2.05, 4.69) is 25.7 Å². The quantitative estimate of drug-likeness (QED) is 0.329. The minimum absolute atomic E-state index is 0.0684. The van der Waals surface area contributed by atoms with Gasteiger partial charge in [0.15, 0.2) is 5.65 Å². The highest BCUT2D eigenvalue weighted by atomic mass is 35.5. The average Bonchev–Trinajstić information content (AvgIpc) is 2.95. The first-order valence-corrected chi connectivity index (χ1v) is 8.23. The predicted molar refractivity (Wildman–Crippen MR) is 103 cm³/mol. The molecule has 0 aliphatic carbocycles. The van der Waals surface area contributed by atoms with Crippen LogP contribution in [0.15, 0.2) is 47.6 Å². The van der Waals surface area contributed by atoms with Gasteiger partial charge in [0, 0.05) is 24.1 Å². The molecular weight excluding hydrogens is 370 g/mol. The van der Waals surface area contributed by atoms with Crippen LogP contribution in [0, 0.1) is 10.1 Å². The van der Waals surface area contributed by atoms with Gasteiger partial charge in [-0.05, 0) is 12.1 Å². The molecule has 27 heavy (non-hydrogen) atoms. The Hall–Kier alpha value is -3.59. The number of nitrogens with zero attached hydrogens (tertiary/aromatic N) is 6. The summed E-state index contributed by atoms with van der Waals surface area (Å²) in [5.74, 6) is 0.216. The molecule has 2 aromatic heterocycles. The average molecular weight is 382 g/mol. The van der Waals surface area contributed by atoms with Crippen molar-refractivity contribution in [2.75, 3.05) is 5.43 Å². The van der Waals surface area contributed by atoms with Crippen molar-refractivity contribution in [2.24, 2.45) is 12.1 Å². The maximum Gasteiger partial charge on any atom is 0.288 e. The molecule has 0 aliphatic heterocycles. The molecule has 0 saturated heterocycles. The Morgan fingerprint density at radius 3 is 2.89 bits per heavy atom. The molecule has 0 aliphatic rings. The van der Waals surface area contributed by atoms with Gasteiger partial charge in [-0.2, -0.15) is 10.1 Å². The van der Waals surface area contributed by atoms with Gasteiger partial charge in [-0.25, -0.2) is 5.43 Å². The van der Waals surface area contributed by atoms with Gasteiger partial charge in [0.25, 0.3) is 11.6 Å². The van der Waals surface area contributed by atoms with Crippen molar-refractivity contribution < 1.29 is 4.92 Å². The highest BCUT2D eigenvalue weighted by Crippen LogP contribution is 2.25. The number of para-hydroxylation sites is 1. The minimum Gasteiger partial charge on any atom is -0.327 e. The SMILES string of the molecule is Cn1c2ccccc2c2nnc(N/N=C/c3ccc(Cl)c([N+](=O)[O-])c3)nc21. The van der Waals surface area contributed by atoms with Crippen molar-refractivity contribution in [3.63, 3.8) is 0 Å². The minimum atomic E-state index is -0.547. The van der Waals surface area contributed by atoms with E-state index in [0.717, 1.165) is 10.9 Å². The molecule has 1 N–H and O–H groups in total. The molecule has 0 radical (unpaired) electrons. The first kappa shape index (κ1) is 16.9. The third-order valence-electron chi connectivity index (χ3n) is 4.05. The Labute approximate surface area is 157 Å². The second-order valence-electron chi connectivity index (χ2n) is 5.72. The van der Waals surface area contributed by atoms with Crippen LogP contribution in [0.5, 0.6) is 0 Å². The van der Waals surface area contributed by atoms with Crippen molar-refractivity contribution in [3.8, 4) is 0 Å². The van der Waals surface area contributed by atoms with Gasteiger partial charge < -0.3 is 4.57 Å². The Bertz CT molecular complexity index is 1220. The zero-order valence-electron chi connectivity index (χ0n) is 14.0. The van der Waals surface area contributed by atoms with Gasteiger partial charge in [-0.1, -0.05) is 35.9 Å². The number of nitrogens with one attached hydrogen (secondary N) is 1. The summed E-state index contributed by atoms with van der Waals surface area (Å²) in [7, 11) is 1.90. The monoisotopic (exact) mass is 381 g/mol. The number of hydrogen-bond acceptors (Lipinski definition) is 7. The van der Waals surface area contributed by atoms with E-state index in [1.165, 1.54) is 18.3 Å². The lowest BCUT2D eigenvalue weighted by Crippen LogP contribution is -2.01. The molecule has 0 bridgehead atoms. The highest BCUT2D eigenvalue weighted by Gasteiger charge is 2.13. The normalized spacial score (nSPS) is 11.5. The molecule has 0 spiro atoms. The highest BCUT2D eigenvalue weighted by molar-refractivity contribution is 6.32. The van der Waals surface area contributed by atoms with Gasteiger partial charge in [0.1, 0.15) is 10.5 Å². The van der Waals surface area contributed by atoms with E-state index >= 15 is 0 Å². The molecular formula is C17H12ClN7O2. The number of fused-ring (bicyclic) bond motifs is 3. The molecule has 10 heteroatoms. The van der Waals surface area contributed by atoms with E-state index < -0.39 is 4.92 Å². The maximum absolute atomic E-state index is 10.9. The number of anilines is 1. The van der Waals surface area contributed by atoms with Gasteiger partial charge in [0.05, 0.1) is 16.7 Å². The molecule has 9 nitrogen and oxygen atoms in total. The summed E-state index contributed by atoms with van der Waals surface area (Å²) < 4.78 is 1.93. The van der Waals surface area contributed by atoms with Crippen LogP contribution in [0.3, 0.4) is 0 Å². The number of halogens is 1. The van der Waals surface area contributed by atoms with Crippen LogP contribution >= 0.6 is 11.6 Å². The molecule has 0 atom stereocenters. The fourth-order valence-corrected chi connectivity index (χ4v) is 2.95. The number of rotatable bonds is 4. The number of nitro benzene ring substituents is 1. The summed E-state index contributed by atoms with van der Waals surface area (Å²) in [6, 6.07) is 12.2. The fraction of sp³-hybridized carbons (Fsp3) is 0.0588. The molecule has 0 fully saturated rings. The number of aryl methyl sites for hydroxylation is 1. The van der Waals surface area contributed by atoms with Crippen molar-refractivity contribution in [1.82, 2.24) is 19.7 Å². The van der Waals surface area contributed by atoms with Crippen LogP contribution in [-0.4, -0.2) is 30.9 Å². The zero-order chi connectivity index (χ0) is 19.0. The number of aromatic nitrogens is 4. The van der Waals surface area contributed by atoms with Gasteiger partial charge >= 0.3 is 0 Å². The lowest BCUT2D eigenvalue weighted by Gasteiger charge is -2.00. The van der Waals surface area contributed by atoms with Crippen molar-refractivity contribution in [1.29, 1.82) is 0 Å². The van der Waals surface area contributed by atoms with Crippen molar-refractivity contribution in [3.05, 3.63) is 63.2 Å². The molecule has 4 aromatic rings. The smallest absolute Gasteiger partial charge is 0.288 e. The third kappa shape index (κ3) is 3.04. The number of hydrazone groups is 1. The molecule has 2 heterocycles. The molecule has 4 rings (SSSR count). The fourth-order valence-electron chi connectivity index (χ4n) is 2.77. The molecule has 0 saturated carbocycles. The summed E-state index contributed by atoms with van der Waals surface area (Å²) in [5.41, 5.74) is 5.40. The number of benzene rings is 2. The van der Waals surface area contributed by atoms with Crippen molar-refractivity contribution in [2.45, 2.75) is 0 Å². The zero-order valence-corrected chi connectivity index (χ0v) is 14.8. The second-order valence-corrected chi connectivity index (χ2v) is 6.13. The van der Waals surface area contributed by atoms with E-state index in [1.54, 1.807) is 6.07 Å². The third-order valence-corrected chi connectivity index (χ3v) is 4.37. The van der Waals surface area contributed by atoms with E-state index in [9.17, 15) is 10.1 Å². The van der Waals surface area contributed by atoms with Crippen molar-refractivity contribution >= 4 is 51.5 Å². The second kappa shape index (κ2) is 6.61. The first-order valence-electron chi connectivity index (χ1n) is 7.85. The topological polar surface area (TPSA) is 111 Å². The largest absolute Gasteiger partial charge is 0.327 e. The first-order chi connectivity index (χ1) is 13.0. The lowest BCUT2D eigenvalue weighted by molar-refractivity contribution is -0.384. The summed E-state index contributed by atoms with van der Waals surface area (Å²) in [6.45, 7) is 0. The van der Waals surface area contributed by atoms with Crippen LogP contribution in [-0.2, 0) is 7.05 Å². The number of nitro groups is 1. The van der Waals surface area contributed by atoms with Crippen LogP contribution in [0.1, 0.15) is 5.56 Å². The lowest BCUT2D eigenvalue weighted by atomic mass is 10.2. The van der Waals surface area contributed by atoms with E-state index in [0.29, 0.717) is 16.7 Å². The Morgan fingerprint density at radius 2 is 2.07 bits per heavy atom. The predicted octanol–water partition coefficient (Wildman–Crippen LogP) is 3.52. The Morgan fingerprint density at radius 1 is 1.26 bits per heavy atom. The van der Waals surface area contributed by atoms with Crippen LogP contribution in [0.25, 0.3) is 22.1 Å². The standard InChI is InChI=1S/C17H12ClN7O2/c1-24-13-5-3-2-4-11(13)15-16(24)20-17(23-21-15)22-19-9-10-6-7-12(18)14(8-10)25(26)27/h2-9H,1H3,(H,20,22,23)/b19-9+. The number of hydrogen-bond donors (Lipinski definition) is 1. The summed E-state index contributed by atoms with van der Waals surface area (Å²) in [4.78, 5) is 14.8. The maximum atomic E-state index is 10.9. The molecule has 134 valence electrons. The molecule has 0 unspecified atom stereocenters. The van der Waals surface area contributed by atoms with E-state index in [-0.39, 0.29) is 16.7 Å². The Kier molecular flexibility index (Phi) is 4.13. The van der Waals surface area contributed by atoms with Crippen LogP contribution in [0.2, 0.25) is 5.02 Å². The van der Waals surface area contributed by atoms with Gasteiger partial charge in [-0.3, -0.25) is 10.1 Å². The van der Waals surface area contributed by atoms with Crippen LogP contribution < -0.4 is 5.43 Å². The van der Waals surface area contributed by atoms with Gasteiger partial charge in [0.2, 0.25) is 0 Å². The molecule has 2 aromatic carbocycles. The summed E-state index contributed by atoms with van der Waals surface area (Å²) in [5, 5.41) is 24.2. The Balaban J connectivity index is 1.62. The van der Waals surface area contributed by atoms with Crippen LogP contribution in [0.4, 0.5) is 11.6 Å². The van der Waals surface area contributed by atoms with E-state index in [4.69, 9.17) is 11.6 Å². The van der Waals surface area contributed by atoms with E-state index in [1.807, 2.05) is 35.9 Å². The molecule has 0 amide bonds. The van der Waals surface area contributed by atoms with Gasteiger partial charge in [-0.15, -0.1) is 10.2 Å².